The summed E-state index contributed by atoms with van der Waals surface area (Å²) >= 11 is 0. The summed E-state index contributed by atoms with van der Waals surface area (Å²) in [6.45, 7) is 12.7. The number of aliphatic imine (C=N–C) groups is 1. The van der Waals surface area contributed by atoms with Gasteiger partial charge in [0, 0.05) is 43.6 Å². The normalized spacial score (nSPS) is 11.1. The summed E-state index contributed by atoms with van der Waals surface area (Å²) in [4.78, 5) is 16.7. The highest BCUT2D eigenvalue weighted by atomic mass is 127. The number of nitrogens with zero attached hydrogens (tertiary/aromatic N) is 2. The Bertz CT molecular complexity index is 915. The van der Waals surface area contributed by atoms with Crippen molar-refractivity contribution in [1.29, 1.82) is 0 Å². The number of ether oxygens (including phenoxy) is 2. The number of hydrogen-bond acceptors (Lipinski definition) is 4. The van der Waals surface area contributed by atoms with E-state index in [4.69, 9.17) is 14.5 Å². The van der Waals surface area contributed by atoms with Crippen LogP contribution in [-0.4, -0.2) is 43.4 Å². The van der Waals surface area contributed by atoms with E-state index < -0.39 is 0 Å². The lowest BCUT2D eigenvalue weighted by molar-refractivity contribution is 0.110. The number of aryl methyl sites for hydroxylation is 2. The van der Waals surface area contributed by atoms with Crippen molar-refractivity contribution in [3.63, 3.8) is 0 Å². The van der Waals surface area contributed by atoms with Gasteiger partial charge in [0.05, 0.1) is 13.2 Å². The number of rotatable bonds is 13. The summed E-state index contributed by atoms with van der Waals surface area (Å²) in [6, 6.07) is 11.6. The number of aromatic nitrogens is 1. The Balaban J connectivity index is 0.00000544. The van der Waals surface area contributed by atoms with Crippen molar-refractivity contribution < 1.29 is 9.47 Å². The van der Waals surface area contributed by atoms with E-state index in [0.29, 0.717) is 26.4 Å². The maximum absolute atomic E-state index is 12.0. The summed E-state index contributed by atoms with van der Waals surface area (Å²) in [5.74, 6) is 1.63. The minimum absolute atomic E-state index is 0. The molecule has 0 radical (unpaired) electrons. The van der Waals surface area contributed by atoms with E-state index in [1.165, 1.54) is 0 Å². The van der Waals surface area contributed by atoms with Crippen molar-refractivity contribution in [2.75, 3.05) is 32.9 Å². The molecule has 184 valence electrons. The average Bonchev–Trinajstić information content (AvgIpc) is 2.77. The first-order chi connectivity index (χ1) is 15.5. The van der Waals surface area contributed by atoms with Gasteiger partial charge in [0.25, 0.3) is 5.56 Å². The topological polar surface area (TPSA) is 76.9 Å². The van der Waals surface area contributed by atoms with Crippen molar-refractivity contribution in [1.82, 2.24) is 15.2 Å². The number of pyridine rings is 1. The molecule has 0 spiro atoms. The van der Waals surface area contributed by atoms with Gasteiger partial charge in [-0.2, -0.15) is 0 Å². The number of guanidine groups is 1. The number of nitrogens with one attached hydrogen (secondary N) is 2. The van der Waals surface area contributed by atoms with E-state index in [1.54, 1.807) is 12.1 Å². The lowest BCUT2D eigenvalue weighted by atomic mass is 10.1. The molecule has 0 saturated carbocycles. The molecule has 1 heterocycles. The van der Waals surface area contributed by atoms with Crippen LogP contribution >= 0.6 is 24.0 Å². The van der Waals surface area contributed by atoms with E-state index in [9.17, 15) is 4.79 Å². The third kappa shape index (κ3) is 10.6. The Hall–Kier alpha value is -2.07. The quantitative estimate of drug-likeness (QED) is 0.165. The van der Waals surface area contributed by atoms with Gasteiger partial charge in [0.1, 0.15) is 12.4 Å². The standard InChI is InChI=1S/C25H38N4O3.HI/c1-5-26-25(27-14-7-8-15-29-21(4)10-9-11-24(29)30)28-19-22-13-12-20(3)18-23(22)32-17-16-31-6-2;/h9-13,18H,5-8,14-17,19H2,1-4H3,(H2,26,27,28);1H. The van der Waals surface area contributed by atoms with Crippen molar-refractivity contribution in [2.45, 2.75) is 53.6 Å². The van der Waals surface area contributed by atoms with Crippen molar-refractivity contribution in [2.24, 2.45) is 4.99 Å². The molecule has 0 bridgehead atoms. The lowest BCUT2D eigenvalue weighted by Crippen LogP contribution is -2.37. The molecule has 8 heteroatoms. The zero-order valence-corrected chi connectivity index (χ0v) is 22.7. The van der Waals surface area contributed by atoms with Crippen LogP contribution < -0.4 is 20.9 Å². The Labute approximate surface area is 215 Å². The number of hydrogen-bond donors (Lipinski definition) is 2. The van der Waals surface area contributed by atoms with Crippen molar-refractivity contribution in [3.05, 3.63) is 63.6 Å². The largest absolute Gasteiger partial charge is 0.491 e. The van der Waals surface area contributed by atoms with Crippen LogP contribution in [0.25, 0.3) is 0 Å². The highest BCUT2D eigenvalue weighted by Crippen LogP contribution is 2.21. The molecule has 0 atom stereocenters. The summed E-state index contributed by atoms with van der Waals surface area (Å²) in [6.07, 6.45) is 1.87. The fraction of sp³-hybridized carbons (Fsp3) is 0.520. The van der Waals surface area contributed by atoms with Gasteiger partial charge in [-0.3, -0.25) is 4.79 Å². The fourth-order valence-corrected chi connectivity index (χ4v) is 3.30. The lowest BCUT2D eigenvalue weighted by Gasteiger charge is -2.14. The third-order valence-corrected chi connectivity index (χ3v) is 5.03. The molecule has 0 unspecified atom stereocenters. The van der Waals surface area contributed by atoms with Gasteiger partial charge in [-0.25, -0.2) is 4.99 Å². The SMILES string of the molecule is CCNC(=NCc1ccc(C)cc1OCCOCC)NCCCCn1c(C)cccc1=O.I. The third-order valence-electron chi connectivity index (χ3n) is 5.03. The molecule has 0 aliphatic heterocycles. The van der Waals surface area contributed by atoms with E-state index >= 15 is 0 Å². The zero-order valence-electron chi connectivity index (χ0n) is 20.4. The van der Waals surface area contributed by atoms with Gasteiger partial charge in [0.15, 0.2) is 5.96 Å². The first-order valence-corrected chi connectivity index (χ1v) is 11.5. The van der Waals surface area contributed by atoms with E-state index in [0.717, 1.165) is 61.0 Å². The van der Waals surface area contributed by atoms with Crippen molar-refractivity contribution >= 4 is 29.9 Å². The highest BCUT2D eigenvalue weighted by molar-refractivity contribution is 14.0. The van der Waals surface area contributed by atoms with Gasteiger partial charge in [0.2, 0.25) is 0 Å². The molecule has 0 fully saturated rings. The molecular weight excluding hydrogens is 531 g/mol. The first kappa shape index (κ1) is 29.0. The van der Waals surface area contributed by atoms with Crippen LogP contribution in [0.3, 0.4) is 0 Å². The maximum Gasteiger partial charge on any atom is 0.250 e. The predicted octanol–water partition coefficient (Wildman–Crippen LogP) is 4.03. The van der Waals surface area contributed by atoms with E-state index in [1.807, 2.05) is 30.5 Å². The Morgan fingerprint density at radius 3 is 2.61 bits per heavy atom. The average molecular weight is 571 g/mol. The summed E-state index contributed by atoms with van der Waals surface area (Å²) < 4.78 is 13.1. The predicted molar refractivity (Wildman–Crippen MR) is 146 cm³/mol. The van der Waals surface area contributed by atoms with E-state index in [-0.39, 0.29) is 29.5 Å². The highest BCUT2D eigenvalue weighted by Gasteiger charge is 2.06. The van der Waals surface area contributed by atoms with Gasteiger partial charge < -0.3 is 24.7 Å². The second-order valence-electron chi connectivity index (χ2n) is 7.64. The molecule has 0 aliphatic carbocycles. The van der Waals surface area contributed by atoms with Gasteiger partial charge >= 0.3 is 0 Å². The summed E-state index contributed by atoms with van der Waals surface area (Å²) in [5.41, 5.74) is 3.26. The second kappa shape index (κ2) is 16.5. The number of unbranched alkanes of at least 4 members (excludes halogenated alkanes) is 1. The van der Waals surface area contributed by atoms with Crippen LogP contribution in [0.15, 0.2) is 46.2 Å². The molecule has 0 saturated heterocycles. The Morgan fingerprint density at radius 1 is 1.06 bits per heavy atom. The van der Waals surface area contributed by atoms with Crippen LogP contribution in [0.5, 0.6) is 5.75 Å². The molecule has 2 aromatic rings. The molecule has 0 amide bonds. The first-order valence-electron chi connectivity index (χ1n) is 11.5. The molecule has 2 rings (SSSR count). The summed E-state index contributed by atoms with van der Waals surface area (Å²) in [7, 11) is 0. The second-order valence-corrected chi connectivity index (χ2v) is 7.64. The van der Waals surface area contributed by atoms with Crippen LogP contribution in [0.4, 0.5) is 0 Å². The van der Waals surface area contributed by atoms with Crippen LogP contribution in [0, 0.1) is 13.8 Å². The van der Waals surface area contributed by atoms with Gasteiger partial charge in [-0.15, -0.1) is 24.0 Å². The zero-order chi connectivity index (χ0) is 23.2. The Kier molecular flexibility index (Phi) is 14.5. The smallest absolute Gasteiger partial charge is 0.250 e. The number of halogens is 1. The molecule has 1 aromatic heterocycles. The molecule has 1 aromatic carbocycles. The van der Waals surface area contributed by atoms with Crippen LogP contribution in [-0.2, 0) is 17.8 Å². The number of benzene rings is 1. The molecule has 7 nitrogen and oxygen atoms in total. The molecular formula is C25H39IN4O3. The Morgan fingerprint density at radius 2 is 1.88 bits per heavy atom. The van der Waals surface area contributed by atoms with Crippen molar-refractivity contribution in [3.8, 4) is 5.75 Å². The minimum atomic E-state index is 0. The summed E-state index contributed by atoms with van der Waals surface area (Å²) in [5, 5.41) is 6.68. The monoisotopic (exact) mass is 570 g/mol. The maximum atomic E-state index is 12.0. The minimum Gasteiger partial charge on any atom is -0.491 e. The molecule has 2 N–H and O–H groups in total. The fourth-order valence-electron chi connectivity index (χ4n) is 3.30. The molecule has 0 aliphatic rings. The van der Waals surface area contributed by atoms with Gasteiger partial charge in [-0.05, 0) is 58.2 Å². The van der Waals surface area contributed by atoms with Crippen LogP contribution in [0.2, 0.25) is 0 Å². The van der Waals surface area contributed by atoms with E-state index in [2.05, 4.69) is 36.6 Å². The molecule has 33 heavy (non-hydrogen) atoms. The van der Waals surface area contributed by atoms with Crippen LogP contribution in [0.1, 0.15) is 43.5 Å². The van der Waals surface area contributed by atoms with Gasteiger partial charge in [-0.1, -0.05) is 18.2 Å².